The second-order valence-electron chi connectivity index (χ2n) is 0.412. The molecule has 0 aromatic heterocycles. The summed E-state index contributed by atoms with van der Waals surface area (Å²) < 4.78 is 0. The Balaban J connectivity index is 3.20. The highest BCUT2D eigenvalue weighted by Crippen LogP contribution is 1.59. The lowest BCUT2D eigenvalue weighted by Crippen LogP contribution is -1.78. The molecule has 0 saturated carbocycles. The maximum atomic E-state index is 9.08. The Bertz CT molecular complexity index is 58.7. The van der Waals surface area contributed by atoms with Crippen molar-refractivity contribution in [3.63, 3.8) is 0 Å². The highest BCUT2D eigenvalue weighted by molar-refractivity contribution is 5.70. The molecule has 0 aromatic carbocycles. The minimum Gasteiger partial charge on any atom is -0.463 e. The number of aliphatic imine (C=N–C) groups is 1. The highest BCUT2D eigenvalue weighted by atomic mass is 16.4. The molecule has 0 saturated heterocycles. The Kier molecular flexibility index (Phi) is 1.21. The van der Waals surface area contributed by atoms with E-state index in [1.807, 2.05) is 0 Å². The van der Waals surface area contributed by atoms with Crippen LogP contribution in [0.1, 0.15) is 0 Å². The predicted octanol–water partition coefficient (Wildman–Crippen LogP) is 0.242. The molecule has 0 rings (SSSR count). The molecule has 0 spiro atoms. The summed E-state index contributed by atoms with van der Waals surface area (Å²) in [7, 11) is 0. The number of carboxylic acid groups (broad SMARTS) is 1. The third-order valence-corrected chi connectivity index (χ3v) is 0.110. The fourth-order valence-corrected chi connectivity index (χ4v) is 0. The van der Waals surface area contributed by atoms with Crippen LogP contribution in [0.25, 0.3) is 0 Å². The van der Waals surface area contributed by atoms with E-state index in [0.717, 1.165) is 0 Å². The molecule has 0 fully saturated rings. The van der Waals surface area contributed by atoms with Crippen molar-refractivity contribution in [2.24, 2.45) is 4.99 Å². The summed E-state index contributed by atoms with van der Waals surface area (Å²) in [5, 5.41) is 7.43. The SMILES string of the molecule is [CH]=NC(=O)O. The van der Waals surface area contributed by atoms with E-state index in [0.29, 0.717) is 0 Å². The van der Waals surface area contributed by atoms with Gasteiger partial charge in [0, 0.05) is 0 Å². The van der Waals surface area contributed by atoms with Gasteiger partial charge in [-0.3, -0.25) is 0 Å². The molecule has 0 heterocycles. The lowest BCUT2D eigenvalue weighted by molar-refractivity contribution is 0.206. The minimum absolute atomic E-state index is 1.34. The summed E-state index contributed by atoms with van der Waals surface area (Å²) in [6, 6.07) is 0. The molecule has 0 aliphatic carbocycles. The Morgan fingerprint density at radius 3 is 2.20 bits per heavy atom. The van der Waals surface area contributed by atoms with Crippen molar-refractivity contribution in [2.75, 3.05) is 0 Å². The lowest BCUT2D eigenvalue weighted by atomic mass is 11.2. The molecule has 1 radical (unpaired) electrons. The Labute approximate surface area is 29.0 Å². The van der Waals surface area contributed by atoms with E-state index in [-0.39, 0.29) is 0 Å². The molecule has 0 aromatic rings. The van der Waals surface area contributed by atoms with E-state index < -0.39 is 6.09 Å². The molecule has 0 aliphatic heterocycles. The molecule has 1 N–H and O–H groups in total. The van der Waals surface area contributed by atoms with Crippen molar-refractivity contribution < 1.29 is 9.90 Å². The average molecular weight is 72.0 g/mol. The first-order valence-electron chi connectivity index (χ1n) is 0.910. The molecule has 3 heteroatoms. The Morgan fingerprint density at radius 1 is 2.00 bits per heavy atom. The van der Waals surface area contributed by atoms with Crippen molar-refractivity contribution in [3.8, 4) is 0 Å². The van der Waals surface area contributed by atoms with Crippen LogP contribution in [-0.2, 0) is 0 Å². The van der Waals surface area contributed by atoms with E-state index >= 15 is 0 Å². The van der Waals surface area contributed by atoms with Gasteiger partial charge < -0.3 is 5.11 Å². The zero-order valence-corrected chi connectivity index (χ0v) is 2.38. The van der Waals surface area contributed by atoms with Gasteiger partial charge in [0.25, 0.3) is 0 Å². The number of amides is 1. The molecule has 0 bridgehead atoms. The topological polar surface area (TPSA) is 49.7 Å². The van der Waals surface area contributed by atoms with Crippen LogP contribution in [0, 0.1) is 0 Å². The van der Waals surface area contributed by atoms with E-state index in [9.17, 15) is 0 Å². The molecule has 0 aliphatic rings. The van der Waals surface area contributed by atoms with Gasteiger partial charge in [-0.2, -0.15) is 4.99 Å². The van der Waals surface area contributed by atoms with Gasteiger partial charge in [-0.1, -0.05) is 0 Å². The van der Waals surface area contributed by atoms with E-state index in [4.69, 9.17) is 9.90 Å². The normalized spacial score (nSPS) is 6.40. The van der Waals surface area contributed by atoms with Gasteiger partial charge in [0.1, 0.15) is 0 Å². The van der Waals surface area contributed by atoms with Crippen molar-refractivity contribution in [1.82, 2.24) is 0 Å². The second-order valence-corrected chi connectivity index (χ2v) is 0.412. The van der Waals surface area contributed by atoms with Gasteiger partial charge in [-0.05, 0) is 0 Å². The summed E-state index contributed by atoms with van der Waals surface area (Å²) in [5.41, 5.74) is 0. The van der Waals surface area contributed by atoms with Crippen molar-refractivity contribution in [3.05, 3.63) is 0 Å². The summed E-state index contributed by atoms with van der Waals surface area (Å²) in [5.74, 6) is 0. The molecule has 5 heavy (non-hydrogen) atoms. The number of hydrogen-bond acceptors (Lipinski definition) is 1. The standard InChI is InChI=1S/C2H2NO2/c1-3-2(4)5/h1H,(H,4,5). The number of nitrogens with zero attached hydrogens (tertiary/aromatic N) is 1. The Morgan fingerprint density at radius 2 is 2.20 bits per heavy atom. The van der Waals surface area contributed by atoms with Crippen LogP contribution in [-0.4, -0.2) is 17.9 Å². The molecule has 0 unspecified atom stereocenters. The predicted molar refractivity (Wildman–Crippen MR) is 16.5 cm³/mol. The monoisotopic (exact) mass is 72.0 g/mol. The molecule has 0 atom stereocenters. The van der Waals surface area contributed by atoms with Gasteiger partial charge in [0.05, 0.1) is 6.72 Å². The van der Waals surface area contributed by atoms with Gasteiger partial charge in [0.2, 0.25) is 0 Å². The number of rotatable bonds is 0. The van der Waals surface area contributed by atoms with Crippen LogP contribution in [0.15, 0.2) is 4.99 Å². The van der Waals surface area contributed by atoms with E-state index in [1.54, 1.807) is 0 Å². The zero-order chi connectivity index (χ0) is 4.28. The van der Waals surface area contributed by atoms with Crippen LogP contribution < -0.4 is 0 Å². The molecular formula is C2H2NO2. The van der Waals surface area contributed by atoms with Crippen LogP contribution in [0.3, 0.4) is 0 Å². The third-order valence-electron chi connectivity index (χ3n) is 0.110. The molecule has 27 valence electrons. The van der Waals surface area contributed by atoms with Crippen molar-refractivity contribution >= 4 is 12.8 Å². The zero-order valence-electron chi connectivity index (χ0n) is 2.38. The highest BCUT2D eigenvalue weighted by Gasteiger charge is 1.75. The summed E-state index contributed by atoms with van der Waals surface area (Å²) >= 11 is 0. The van der Waals surface area contributed by atoms with Crippen LogP contribution in [0.5, 0.6) is 0 Å². The van der Waals surface area contributed by atoms with Gasteiger partial charge in [-0.15, -0.1) is 0 Å². The third kappa shape index (κ3) is 3.14. The minimum atomic E-state index is -1.34. The summed E-state index contributed by atoms with van der Waals surface area (Å²) in [6.45, 7) is 4.20. The van der Waals surface area contributed by atoms with Crippen LogP contribution in [0.2, 0.25) is 0 Å². The smallest absolute Gasteiger partial charge is 0.431 e. The first-order valence-corrected chi connectivity index (χ1v) is 0.910. The maximum absolute atomic E-state index is 9.08. The fraction of sp³-hybridized carbons (Fsp3) is 0. The molecule has 1 amide bonds. The summed E-state index contributed by atoms with van der Waals surface area (Å²) in [6.07, 6.45) is -1.34. The van der Waals surface area contributed by atoms with Crippen molar-refractivity contribution in [1.29, 1.82) is 0 Å². The lowest BCUT2D eigenvalue weighted by Gasteiger charge is -1.64. The van der Waals surface area contributed by atoms with E-state index in [1.165, 1.54) is 0 Å². The van der Waals surface area contributed by atoms with Crippen LogP contribution in [0.4, 0.5) is 4.79 Å². The second kappa shape index (κ2) is 1.46. The van der Waals surface area contributed by atoms with Gasteiger partial charge >= 0.3 is 6.09 Å². The quantitative estimate of drug-likeness (QED) is 0.417. The van der Waals surface area contributed by atoms with E-state index in [2.05, 4.69) is 11.7 Å². The van der Waals surface area contributed by atoms with Gasteiger partial charge in [0.15, 0.2) is 0 Å². The molecule has 3 nitrogen and oxygen atoms in total. The molecular weight excluding hydrogens is 70.0 g/mol. The first-order chi connectivity index (χ1) is 2.27. The largest absolute Gasteiger partial charge is 0.463 e. The summed E-state index contributed by atoms with van der Waals surface area (Å²) in [4.78, 5) is 11.4. The number of carbonyl (C=O) groups is 1. The maximum Gasteiger partial charge on any atom is 0.431 e. The van der Waals surface area contributed by atoms with Gasteiger partial charge in [-0.25, -0.2) is 4.79 Å². The van der Waals surface area contributed by atoms with Crippen molar-refractivity contribution in [2.45, 2.75) is 0 Å². The number of hydrogen-bond donors (Lipinski definition) is 1. The average Bonchev–Trinajstić information content (AvgIpc) is 1.38. The van der Waals surface area contributed by atoms with Crippen LogP contribution >= 0.6 is 0 Å². The Hall–Kier alpha value is -0.860. The first kappa shape index (κ1) is 4.14. The fourth-order valence-electron chi connectivity index (χ4n) is 0.